The van der Waals surface area contributed by atoms with Crippen LogP contribution in [-0.2, 0) is 17.4 Å². The van der Waals surface area contributed by atoms with E-state index in [4.69, 9.17) is 16.0 Å². The lowest BCUT2D eigenvalue weighted by Crippen LogP contribution is -2.26. The number of nitrogens with zero attached hydrogens (tertiary/aromatic N) is 2. The van der Waals surface area contributed by atoms with Gasteiger partial charge in [0.25, 0.3) is 0 Å². The molecule has 2 aromatic carbocycles. The van der Waals surface area contributed by atoms with Gasteiger partial charge in [0.1, 0.15) is 11.5 Å². The molecule has 1 unspecified atom stereocenters. The van der Waals surface area contributed by atoms with Gasteiger partial charge in [0.2, 0.25) is 5.91 Å². The highest BCUT2D eigenvalue weighted by Crippen LogP contribution is 2.31. The van der Waals surface area contributed by atoms with Crippen LogP contribution in [0.5, 0.6) is 0 Å². The van der Waals surface area contributed by atoms with E-state index < -0.39 is 17.0 Å². The molecule has 0 saturated carbocycles. The van der Waals surface area contributed by atoms with Gasteiger partial charge in [-0.1, -0.05) is 53.7 Å². The summed E-state index contributed by atoms with van der Waals surface area (Å²) in [6.45, 7) is 0. The largest absolute Gasteiger partial charge is 0.455 e. The number of rotatable bonds is 5. The van der Waals surface area contributed by atoms with Crippen molar-refractivity contribution in [1.29, 1.82) is 0 Å². The zero-order valence-electron chi connectivity index (χ0n) is 16.3. The second-order valence-corrected chi connectivity index (χ2v) is 8.43. The number of carbonyl (C=O) groups is 1. The minimum Gasteiger partial charge on any atom is -0.455 e. The van der Waals surface area contributed by atoms with Gasteiger partial charge in [0.05, 0.1) is 22.1 Å². The summed E-state index contributed by atoms with van der Waals surface area (Å²) in [5, 5.41) is 10.7. The van der Waals surface area contributed by atoms with Crippen molar-refractivity contribution >= 4 is 40.7 Å². The van der Waals surface area contributed by atoms with E-state index in [1.807, 2.05) is 18.2 Å². The molecule has 0 radical (unpaired) electrons. The van der Waals surface area contributed by atoms with Crippen LogP contribution in [0.1, 0.15) is 16.9 Å². The molecule has 1 N–H and O–H groups in total. The third-order valence-electron chi connectivity index (χ3n) is 4.55. The Labute approximate surface area is 190 Å². The molecule has 1 saturated heterocycles. The second kappa shape index (κ2) is 9.22. The molecule has 1 amide bonds. The first-order valence-electron chi connectivity index (χ1n) is 9.39. The van der Waals surface area contributed by atoms with Gasteiger partial charge >= 0.3 is 6.18 Å². The average Bonchev–Trinajstić information content (AvgIpc) is 3.35. The highest BCUT2D eigenvalue weighted by molar-refractivity contribution is 8.15. The molecule has 32 heavy (non-hydrogen) atoms. The van der Waals surface area contributed by atoms with Crippen molar-refractivity contribution in [1.82, 2.24) is 5.32 Å². The first-order valence-corrected chi connectivity index (χ1v) is 10.6. The van der Waals surface area contributed by atoms with Crippen molar-refractivity contribution in [2.75, 3.05) is 0 Å². The fourth-order valence-corrected chi connectivity index (χ4v) is 4.24. The van der Waals surface area contributed by atoms with Crippen LogP contribution in [0.15, 0.2) is 75.3 Å². The molecule has 1 fully saturated rings. The molecule has 0 bridgehead atoms. The van der Waals surface area contributed by atoms with E-state index >= 15 is 0 Å². The Balaban J connectivity index is 1.40. The molecule has 3 aromatic rings. The molecular formula is C22H15ClF3N3O2S. The predicted octanol–water partition coefficient (Wildman–Crippen LogP) is 5.78. The van der Waals surface area contributed by atoms with Crippen LogP contribution in [-0.4, -0.2) is 22.5 Å². The highest BCUT2D eigenvalue weighted by atomic mass is 35.5. The van der Waals surface area contributed by atoms with Gasteiger partial charge in [-0.25, -0.2) is 0 Å². The Morgan fingerprint density at radius 1 is 1.12 bits per heavy atom. The number of furan rings is 1. The molecule has 2 heterocycles. The predicted molar refractivity (Wildman–Crippen MR) is 119 cm³/mol. The van der Waals surface area contributed by atoms with Crippen LogP contribution in [0.3, 0.4) is 0 Å². The van der Waals surface area contributed by atoms with Gasteiger partial charge in [-0.2, -0.15) is 18.3 Å². The molecule has 4 rings (SSSR count). The fraction of sp³-hybridized carbons (Fsp3) is 0.136. The van der Waals surface area contributed by atoms with E-state index in [1.165, 1.54) is 12.3 Å². The number of nitrogens with one attached hydrogen (secondary N) is 1. The Morgan fingerprint density at radius 3 is 2.72 bits per heavy atom. The summed E-state index contributed by atoms with van der Waals surface area (Å²) in [5.74, 6) is 0.689. The summed E-state index contributed by atoms with van der Waals surface area (Å²) >= 11 is 7.27. The first-order chi connectivity index (χ1) is 15.3. The van der Waals surface area contributed by atoms with Crippen LogP contribution >= 0.6 is 23.4 Å². The van der Waals surface area contributed by atoms with Crippen molar-refractivity contribution in [2.45, 2.75) is 17.8 Å². The summed E-state index contributed by atoms with van der Waals surface area (Å²) in [4.78, 5) is 12.2. The number of hydrogen-bond acceptors (Lipinski definition) is 5. The standard InChI is InChI=1S/C22H15ClF3N3O2S/c23-17-7-2-1-6-16(17)18-9-8-15(31-18)12-27-29-21-28-20(30)19(32-21)11-13-4-3-5-14(10-13)22(24,25)26/h1-10,12,19H,11H2,(H,28,29,30)/b27-12+. The molecule has 1 aliphatic rings. The SMILES string of the molecule is O=C1N/C(=N\N=C\c2ccc(-c3ccccc3Cl)o2)SC1Cc1cccc(C(F)(F)F)c1. The zero-order valence-corrected chi connectivity index (χ0v) is 17.8. The van der Waals surface area contributed by atoms with E-state index in [9.17, 15) is 18.0 Å². The van der Waals surface area contributed by atoms with E-state index in [2.05, 4.69) is 15.5 Å². The topological polar surface area (TPSA) is 67.0 Å². The van der Waals surface area contributed by atoms with Crippen LogP contribution < -0.4 is 5.32 Å². The van der Waals surface area contributed by atoms with Gasteiger partial charge in [0.15, 0.2) is 5.17 Å². The third-order valence-corrected chi connectivity index (χ3v) is 5.95. The monoisotopic (exact) mass is 477 g/mol. The van der Waals surface area contributed by atoms with Gasteiger partial charge < -0.3 is 9.73 Å². The minimum atomic E-state index is -4.43. The normalized spacial score (nSPS) is 17.9. The molecule has 1 aliphatic heterocycles. The van der Waals surface area contributed by atoms with Gasteiger partial charge in [-0.3, -0.25) is 4.79 Å². The zero-order chi connectivity index (χ0) is 22.7. The Kier molecular flexibility index (Phi) is 6.38. The molecule has 5 nitrogen and oxygen atoms in total. The van der Waals surface area contributed by atoms with Crippen LogP contribution in [0, 0.1) is 0 Å². The van der Waals surface area contributed by atoms with Gasteiger partial charge in [0, 0.05) is 5.56 Å². The maximum Gasteiger partial charge on any atom is 0.416 e. The molecule has 1 atom stereocenters. The van der Waals surface area contributed by atoms with Crippen LogP contribution in [0.2, 0.25) is 5.02 Å². The summed E-state index contributed by atoms with van der Waals surface area (Å²) < 4.78 is 44.3. The summed E-state index contributed by atoms with van der Waals surface area (Å²) in [6.07, 6.45) is -2.90. The average molecular weight is 478 g/mol. The van der Waals surface area contributed by atoms with E-state index in [0.29, 0.717) is 22.1 Å². The maximum atomic E-state index is 12.9. The Bertz CT molecular complexity index is 1210. The van der Waals surface area contributed by atoms with Crippen molar-refractivity contribution in [3.8, 4) is 11.3 Å². The minimum absolute atomic E-state index is 0.141. The smallest absolute Gasteiger partial charge is 0.416 e. The number of halogens is 4. The molecular weight excluding hydrogens is 463 g/mol. The van der Waals surface area contributed by atoms with Crippen molar-refractivity contribution in [3.63, 3.8) is 0 Å². The summed E-state index contributed by atoms with van der Waals surface area (Å²) in [7, 11) is 0. The van der Waals surface area contributed by atoms with Crippen molar-refractivity contribution < 1.29 is 22.4 Å². The molecule has 10 heteroatoms. The van der Waals surface area contributed by atoms with Gasteiger partial charge in [-0.05, 0) is 42.3 Å². The second-order valence-electron chi connectivity index (χ2n) is 6.83. The fourth-order valence-electron chi connectivity index (χ4n) is 3.04. The first kappa shape index (κ1) is 22.2. The number of carbonyl (C=O) groups excluding carboxylic acids is 1. The third kappa shape index (κ3) is 5.23. The lowest BCUT2D eigenvalue weighted by Gasteiger charge is -2.10. The number of thioether (sulfide) groups is 1. The molecule has 164 valence electrons. The number of benzene rings is 2. The van der Waals surface area contributed by atoms with Gasteiger partial charge in [-0.15, -0.1) is 5.10 Å². The van der Waals surface area contributed by atoms with E-state index in [-0.39, 0.29) is 17.5 Å². The number of alkyl halides is 3. The quantitative estimate of drug-likeness (QED) is 0.374. The number of amides is 1. The Hall–Kier alpha value is -3.04. The maximum absolute atomic E-state index is 12.9. The van der Waals surface area contributed by atoms with E-state index in [0.717, 1.165) is 29.5 Å². The van der Waals surface area contributed by atoms with E-state index in [1.54, 1.807) is 24.3 Å². The highest BCUT2D eigenvalue weighted by Gasteiger charge is 2.33. The summed E-state index contributed by atoms with van der Waals surface area (Å²) in [6, 6.07) is 15.7. The molecule has 0 aliphatic carbocycles. The van der Waals surface area contributed by atoms with Crippen molar-refractivity contribution in [2.24, 2.45) is 10.2 Å². The van der Waals surface area contributed by atoms with Crippen LogP contribution in [0.4, 0.5) is 13.2 Å². The molecule has 0 spiro atoms. The van der Waals surface area contributed by atoms with Crippen LogP contribution in [0.25, 0.3) is 11.3 Å². The van der Waals surface area contributed by atoms with Crippen molar-refractivity contribution in [3.05, 3.63) is 82.6 Å². The number of hydrogen-bond donors (Lipinski definition) is 1. The Morgan fingerprint density at radius 2 is 1.94 bits per heavy atom. The number of amidine groups is 1. The summed E-state index contributed by atoms with van der Waals surface area (Å²) in [5.41, 5.74) is 0.419. The lowest BCUT2D eigenvalue weighted by molar-refractivity contribution is -0.137. The lowest BCUT2D eigenvalue weighted by atomic mass is 10.1. The molecule has 1 aromatic heterocycles.